The Balaban J connectivity index is 2.07. The van der Waals surface area contributed by atoms with E-state index in [1.54, 1.807) is 30.3 Å². The summed E-state index contributed by atoms with van der Waals surface area (Å²) < 4.78 is 5.56. The Hall–Kier alpha value is -3.07. The largest absolute Gasteiger partial charge is 0.508 e. The van der Waals surface area contributed by atoms with Gasteiger partial charge < -0.3 is 9.84 Å². The second-order valence-corrected chi connectivity index (χ2v) is 5.55. The van der Waals surface area contributed by atoms with Crippen LogP contribution in [0.2, 0.25) is 0 Å². The fraction of sp³-hybridized carbons (Fsp3) is 0.0500. The number of benzene rings is 3. The Kier molecular flexibility index (Phi) is 2.95. The van der Waals surface area contributed by atoms with Crippen LogP contribution in [0.1, 0.15) is 16.7 Å². The first-order chi connectivity index (χ1) is 11.2. The third-order valence-corrected chi connectivity index (χ3v) is 4.31. The van der Waals surface area contributed by atoms with E-state index in [2.05, 4.69) is 0 Å². The molecule has 0 fully saturated rings. The Morgan fingerprint density at radius 3 is 2.09 bits per heavy atom. The van der Waals surface area contributed by atoms with Crippen molar-refractivity contribution in [2.24, 2.45) is 0 Å². The van der Waals surface area contributed by atoms with Gasteiger partial charge in [0.2, 0.25) is 0 Å². The molecule has 3 heteroatoms. The van der Waals surface area contributed by atoms with Crippen molar-refractivity contribution in [2.75, 3.05) is 0 Å². The molecule has 0 saturated heterocycles. The molecule has 1 atom stereocenters. The molecule has 0 bridgehead atoms. The lowest BCUT2D eigenvalue weighted by Gasteiger charge is -2.27. The molecule has 3 nitrogen and oxygen atoms in total. The monoisotopic (exact) mass is 302 g/mol. The summed E-state index contributed by atoms with van der Waals surface area (Å²) in [6.45, 7) is 0. The molecule has 1 N–H and O–H groups in total. The van der Waals surface area contributed by atoms with Crippen molar-refractivity contribution in [1.82, 2.24) is 0 Å². The zero-order chi connectivity index (χ0) is 15.9. The van der Waals surface area contributed by atoms with E-state index in [9.17, 15) is 9.90 Å². The smallest absolute Gasteiger partial charge is 0.331 e. The number of hydrogen-bond donors (Lipinski definition) is 1. The van der Waals surface area contributed by atoms with Crippen LogP contribution in [0.3, 0.4) is 0 Å². The fourth-order valence-electron chi connectivity index (χ4n) is 3.26. The van der Waals surface area contributed by atoms with Crippen LogP contribution in [-0.2, 0) is 10.2 Å². The van der Waals surface area contributed by atoms with Gasteiger partial charge in [0, 0.05) is 5.56 Å². The number of rotatable bonds is 2. The molecule has 1 heterocycles. The van der Waals surface area contributed by atoms with E-state index in [-0.39, 0.29) is 11.7 Å². The minimum atomic E-state index is -1.01. The summed E-state index contributed by atoms with van der Waals surface area (Å²) in [5.41, 5.74) is 1.44. The molecule has 0 saturated carbocycles. The quantitative estimate of drug-likeness (QED) is 0.580. The molecule has 1 unspecified atom stereocenters. The summed E-state index contributed by atoms with van der Waals surface area (Å²) in [5, 5.41) is 9.60. The SMILES string of the molecule is O=C1Oc2ccccc2C1(c1ccccc1)c1ccc(O)cc1. The van der Waals surface area contributed by atoms with Gasteiger partial charge in [0.15, 0.2) is 0 Å². The van der Waals surface area contributed by atoms with Crippen LogP contribution in [-0.4, -0.2) is 11.1 Å². The van der Waals surface area contributed by atoms with Gasteiger partial charge in [-0.05, 0) is 29.3 Å². The first-order valence-electron chi connectivity index (χ1n) is 7.40. The molecule has 0 aliphatic carbocycles. The maximum absolute atomic E-state index is 13.0. The van der Waals surface area contributed by atoms with Gasteiger partial charge in [0.25, 0.3) is 0 Å². The van der Waals surface area contributed by atoms with E-state index >= 15 is 0 Å². The van der Waals surface area contributed by atoms with Gasteiger partial charge in [0.1, 0.15) is 16.9 Å². The van der Waals surface area contributed by atoms with E-state index < -0.39 is 5.41 Å². The molecule has 0 amide bonds. The van der Waals surface area contributed by atoms with E-state index in [0.29, 0.717) is 5.75 Å². The van der Waals surface area contributed by atoms with Crippen LogP contribution in [0.4, 0.5) is 0 Å². The predicted molar refractivity (Wildman–Crippen MR) is 86.5 cm³/mol. The second-order valence-electron chi connectivity index (χ2n) is 5.55. The average Bonchev–Trinajstić information content (AvgIpc) is 2.89. The Bertz CT molecular complexity index is 869. The molecule has 3 aromatic carbocycles. The van der Waals surface area contributed by atoms with Gasteiger partial charge in [0.05, 0.1) is 0 Å². The third kappa shape index (κ3) is 1.87. The number of carbonyl (C=O) groups is 1. The second kappa shape index (κ2) is 4.99. The van der Waals surface area contributed by atoms with Crippen molar-refractivity contribution in [2.45, 2.75) is 5.41 Å². The summed E-state index contributed by atoms with van der Waals surface area (Å²) in [7, 11) is 0. The van der Waals surface area contributed by atoms with E-state index in [1.807, 2.05) is 48.5 Å². The molecular weight excluding hydrogens is 288 g/mol. The summed E-state index contributed by atoms with van der Waals surface area (Å²) in [4.78, 5) is 13.0. The maximum atomic E-state index is 13.0. The lowest BCUT2D eigenvalue weighted by atomic mass is 9.70. The predicted octanol–water partition coefficient (Wildman–Crippen LogP) is 3.65. The third-order valence-electron chi connectivity index (χ3n) is 4.31. The highest BCUT2D eigenvalue weighted by Crippen LogP contribution is 2.48. The lowest BCUT2D eigenvalue weighted by Crippen LogP contribution is -2.36. The van der Waals surface area contributed by atoms with Gasteiger partial charge in [-0.3, -0.25) is 0 Å². The number of para-hydroxylation sites is 1. The first kappa shape index (κ1) is 13.6. The summed E-state index contributed by atoms with van der Waals surface area (Å²) in [6, 6.07) is 23.8. The van der Waals surface area contributed by atoms with Crippen LogP contribution >= 0.6 is 0 Å². The molecule has 0 aromatic heterocycles. The zero-order valence-electron chi connectivity index (χ0n) is 12.3. The average molecular weight is 302 g/mol. The number of fused-ring (bicyclic) bond motifs is 1. The highest BCUT2D eigenvalue weighted by atomic mass is 16.5. The minimum absolute atomic E-state index is 0.164. The fourth-order valence-corrected chi connectivity index (χ4v) is 3.26. The van der Waals surface area contributed by atoms with Crippen LogP contribution in [0, 0.1) is 0 Å². The van der Waals surface area contributed by atoms with Gasteiger partial charge >= 0.3 is 5.97 Å². The number of phenolic OH excluding ortho intramolecular Hbond substituents is 1. The molecule has 1 aliphatic heterocycles. The molecule has 4 rings (SSSR count). The van der Waals surface area contributed by atoms with Gasteiger partial charge in [-0.15, -0.1) is 0 Å². The number of ether oxygens (including phenoxy) is 1. The first-order valence-corrected chi connectivity index (χ1v) is 7.40. The standard InChI is InChI=1S/C20H14O3/c21-16-12-10-15(11-13-16)20(14-6-2-1-3-7-14)17-8-4-5-9-18(17)23-19(20)22/h1-13,21H. The highest BCUT2D eigenvalue weighted by Gasteiger charge is 2.51. The van der Waals surface area contributed by atoms with Crippen molar-refractivity contribution >= 4 is 5.97 Å². The normalized spacial score (nSPS) is 19.2. The van der Waals surface area contributed by atoms with Gasteiger partial charge in [-0.1, -0.05) is 60.7 Å². The van der Waals surface area contributed by atoms with Crippen molar-refractivity contribution in [3.8, 4) is 11.5 Å². The van der Waals surface area contributed by atoms with E-state index in [1.165, 1.54) is 0 Å². The minimum Gasteiger partial charge on any atom is -0.508 e. The highest BCUT2D eigenvalue weighted by molar-refractivity contribution is 5.98. The summed E-state index contributed by atoms with van der Waals surface area (Å²) >= 11 is 0. The van der Waals surface area contributed by atoms with E-state index in [0.717, 1.165) is 16.7 Å². The molecule has 3 aromatic rings. The topological polar surface area (TPSA) is 46.5 Å². The Morgan fingerprint density at radius 1 is 0.739 bits per heavy atom. The Morgan fingerprint density at radius 2 is 1.35 bits per heavy atom. The maximum Gasteiger partial charge on any atom is 0.331 e. The number of esters is 1. The molecule has 0 spiro atoms. The Labute approximate surface area is 133 Å². The van der Waals surface area contributed by atoms with Crippen LogP contribution in [0.25, 0.3) is 0 Å². The molecule has 112 valence electrons. The number of carbonyl (C=O) groups excluding carboxylic acids is 1. The van der Waals surface area contributed by atoms with Gasteiger partial charge in [-0.2, -0.15) is 0 Å². The molecule has 23 heavy (non-hydrogen) atoms. The number of hydrogen-bond acceptors (Lipinski definition) is 3. The summed E-state index contributed by atoms with van der Waals surface area (Å²) in [5.74, 6) is 0.418. The van der Waals surface area contributed by atoms with Crippen LogP contribution in [0.5, 0.6) is 11.5 Å². The number of phenols is 1. The van der Waals surface area contributed by atoms with Crippen molar-refractivity contribution < 1.29 is 14.6 Å². The lowest BCUT2D eigenvalue weighted by molar-refractivity contribution is -0.135. The summed E-state index contributed by atoms with van der Waals surface area (Å²) in [6.07, 6.45) is 0. The number of aromatic hydroxyl groups is 1. The van der Waals surface area contributed by atoms with Crippen molar-refractivity contribution in [3.05, 3.63) is 95.6 Å². The molecule has 0 radical (unpaired) electrons. The molecular formula is C20H14O3. The van der Waals surface area contributed by atoms with Gasteiger partial charge in [-0.25, -0.2) is 4.79 Å². The van der Waals surface area contributed by atoms with Crippen LogP contribution in [0.15, 0.2) is 78.9 Å². The molecule has 1 aliphatic rings. The van der Waals surface area contributed by atoms with Crippen molar-refractivity contribution in [1.29, 1.82) is 0 Å². The van der Waals surface area contributed by atoms with E-state index in [4.69, 9.17) is 4.74 Å². The zero-order valence-corrected chi connectivity index (χ0v) is 12.3. The van der Waals surface area contributed by atoms with Crippen molar-refractivity contribution in [3.63, 3.8) is 0 Å². The van der Waals surface area contributed by atoms with Crippen LogP contribution < -0.4 is 4.74 Å².